The van der Waals surface area contributed by atoms with Crippen LogP contribution in [0, 0.1) is 17.3 Å². The van der Waals surface area contributed by atoms with Gasteiger partial charge in [0, 0.05) is 6.04 Å². The van der Waals surface area contributed by atoms with Crippen molar-refractivity contribution in [1.82, 2.24) is 4.90 Å². The van der Waals surface area contributed by atoms with Crippen LogP contribution < -0.4 is 5.73 Å². The van der Waals surface area contributed by atoms with Gasteiger partial charge in [-0.2, -0.15) is 0 Å². The van der Waals surface area contributed by atoms with Crippen molar-refractivity contribution < 1.29 is 0 Å². The lowest BCUT2D eigenvalue weighted by atomic mass is 9.76. The Kier molecular flexibility index (Phi) is 5.30. The second kappa shape index (κ2) is 6.58. The van der Waals surface area contributed by atoms with Crippen LogP contribution in [-0.2, 0) is 0 Å². The Morgan fingerprint density at radius 3 is 2.21 bits per heavy atom. The Morgan fingerprint density at radius 2 is 1.63 bits per heavy atom. The lowest BCUT2D eigenvalue weighted by molar-refractivity contribution is 0.120. The van der Waals surface area contributed by atoms with Crippen molar-refractivity contribution in [3.63, 3.8) is 0 Å². The molecule has 0 amide bonds. The molecule has 1 aliphatic heterocycles. The third kappa shape index (κ3) is 4.19. The summed E-state index contributed by atoms with van der Waals surface area (Å²) in [4.78, 5) is 2.78. The maximum absolute atomic E-state index is 5.80. The van der Waals surface area contributed by atoms with Gasteiger partial charge in [-0.3, -0.25) is 0 Å². The smallest absolute Gasteiger partial charge is 0.00953 e. The zero-order valence-electron chi connectivity index (χ0n) is 13.3. The first kappa shape index (κ1) is 15.3. The van der Waals surface area contributed by atoms with Gasteiger partial charge in [0.25, 0.3) is 0 Å². The lowest BCUT2D eigenvalue weighted by Gasteiger charge is -2.37. The van der Waals surface area contributed by atoms with Gasteiger partial charge in [-0.15, -0.1) is 0 Å². The van der Waals surface area contributed by atoms with Crippen molar-refractivity contribution in [2.45, 2.75) is 71.8 Å². The second-order valence-corrected chi connectivity index (χ2v) is 7.94. The quantitative estimate of drug-likeness (QED) is 0.773. The van der Waals surface area contributed by atoms with Gasteiger partial charge in [0.1, 0.15) is 0 Å². The molecule has 1 saturated heterocycles. The van der Waals surface area contributed by atoms with E-state index < -0.39 is 0 Å². The van der Waals surface area contributed by atoms with Crippen LogP contribution >= 0.6 is 0 Å². The van der Waals surface area contributed by atoms with E-state index in [1.54, 1.807) is 0 Å². The summed E-state index contributed by atoms with van der Waals surface area (Å²) in [5.41, 5.74) is 6.30. The molecule has 0 bridgehead atoms. The van der Waals surface area contributed by atoms with Gasteiger partial charge in [0.15, 0.2) is 0 Å². The molecule has 2 heteroatoms. The summed E-state index contributed by atoms with van der Waals surface area (Å²) < 4.78 is 0. The summed E-state index contributed by atoms with van der Waals surface area (Å²) >= 11 is 0. The van der Waals surface area contributed by atoms with E-state index in [0.29, 0.717) is 5.41 Å². The predicted molar refractivity (Wildman–Crippen MR) is 83.2 cm³/mol. The standard InChI is InChI=1S/C17H34N2/c1-17(2,3)15-5-4-6-16(8-7-15)19-11-9-14(13-18)10-12-19/h14-16H,4-13,18H2,1-3H3. The highest BCUT2D eigenvalue weighted by Crippen LogP contribution is 2.38. The Morgan fingerprint density at radius 1 is 0.947 bits per heavy atom. The van der Waals surface area contributed by atoms with E-state index in [4.69, 9.17) is 5.73 Å². The molecule has 1 heterocycles. The number of nitrogens with zero attached hydrogens (tertiary/aromatic N) is 1. The van der Waals surface area contributed by atoms with Crippen molar-refractivity contribution in [1.29, 1.82) is 0 Å². The maximum atomic E-state index is 5.80. The first-order valence-corrected chi connectivity index (χ1v) is 8.45. The molecule has 2 unspecified atom stereocenters. The largest absolute Gasteiger partial charge is 0.330 e. The van der Waals surface area contributed by atoms with Crippen LogP contribution in [0.25, 0.3) is 0 Å². The number of hydrogen-bond donors (Lipinski definition) is 1. The Labute approximate surface area is 120 Å². The Balaban J connectivity index is 1.83. The highest BCUT2D eigenvalue weighted by atomic mass is 15.2. The summed E-state index contributed by atoms with van der Waals surface area (Å²) in [5, 5.41) is 0. The van der Waals surface area contributed by atoms with Gasteiger partial charge in [-0.1, -0.05) is 27.2 Å². The molecule has 2 N–H and O–H groups in total. The summed E-state index contributed by atoms with van der Waals surface area (Å²) in [7, 11) is 0. The molecular formula is C17H34N2. The predicted octanol–water partition coefficient (Wildman–Crippen LogP) is 3.65. The third-order valence-corrected chi connectivity index (χ3v) is 5.66. The monoisotopic (exact) mass is 266 g/mol. The average Bonchev–Trinajstić information content (AvgIpc) is 2.64. The molecule has 19 heavy (non-hydrogen) atoms. The van der Waals surface area contributed by atoms with E-state index in [2.05, 4.69) is 25.7 Å². The van der Waals surface area contributed by atoms with Crippen molar-refractivity contribution in [3.8, 4) is 0 Å². The summed E-state index contributed by atoms with van der Waals surface area (Å²) in [6.07, 6.45) is 9.83. The first-order valence-electron chi connectivity index (χ1n) is 8.45. The average molecular weight is 266 g/mol. The molecule has 1 saturated carbocycles. The Hall–Kier alpha value is -0.0800. The van der Waals surface area contributed by atoms with E-state index >= 15 is 0 Å². The zero-order valence-corrected chi connectivity index (χ0v) is 13.3. The normalized spacial score (nSPS) is 32.2. The fourth-order valence-corrected chi connectivity index (χ4v) is 4.07. The van der Waals surface area contributed by atoms with Crippen molar-refractivity contribution >= 4 is 0 Å². The molecule has 0 aromatic rings. The molecule has 0 aromatic heterocycles. The second-order valence-electron chi connectivity index (χ2n) is 7.94. The third-order valence-electron chi connectivity index (χ3n) is 5.66. The number of hydrogen-bond acceptors (Lipinski definition) is 2. The maximum Gasteiger partial charge on any atom is 0.00953 e. The van der Waals surface area contributed by atoms with Gasteiger partial charge in [-0.25, -0.2) is 0 Å². The summed E-state index contributed by atoms with van der Waals surface area (Å²) in [5.74, 6) is 1.73. The molecule has 0 aromatic carbocycles. The summed E-state index contributed by atoms with van der Waals surface area (Å²) in [6.45, 7) is 10.8. The molecule has 1 aliphatic carbocycles. The van der Waals surface area contributed by atoms with E-state index in [1.807, 2.05) is 0 Å². The minimum Gasteiger partial charge on any atom is -0.330 e. The van der Waals surface area contributed by atoms with E-state index in [0.717, 1.165) is 24.4 Å². The SMILES string of the molecule is CC(C)(C)C1CCCC(N2CCC(CN)CC2)CC1. The van der Waals surface area contributed by atoms with E-state index in [9.17, 15) is 0 Å². The van der Waals surface area contributed by atoms with Gasteiger partial charge >= 0.3 is 0 Å². The van der Waals surface area contributed by atoms with Crippen molar-refractivity contribution in [3.05, 3.63) is 0 Å². The minimum absolute atomic E-state index is 0.501. The van der Waals surface area contributed by atoms with Gasteiger partial charge in [0.05, 0.1) is 0 Å². The molecule has 2 nitrogen and oxygen atoms in total. The van der Waals surface area contributed by atoms with Crippen LogP contribution in [0.4, 0.5) is 0 Å². The minimum atomic E-state index is 0.501. The first-order chi connectivity index (χ1) is 9.00. The lowest BCUT2D eigenvalue weighted by Crippen LogP contribution is -2.42. The van der Waals surface area contributed by atoms with Crippen LogP contribution in [0.15, 0.2) is 0 Å². The molecule has 2 fully saturated rings. The molecule has 0 radical (unpaired) electrons. The van der Waals surface area contributed by atoms with Gasteiger partial charge in [-0.05, 0) is 75.4 Å². The van der Waals surface area contributed by atoms with Crippen molar-refractivity contribution in [2.24, 2.45) is 23.0 Å². The van der Waals surface area contributed by atoms with Gasteiger partial charge < -0.3 is 10.6 Å². The van der Waals surface area contributed by atoms with Crippen LogP contribution in [-0.4, -0.2) is 30.6 Å². The molecule has 2 aliphatic rings. The highest BCUT2D eigenvalue weighted by Gasteiger charge is 2.31. The number of nitrogens with two attached hydrogens (primary N) is 1. The molecule has 0 spiro atoms. The molecule has 112 valence electrons. The van der Waals surface area contributed by atoms with Crippen LogP contribution in [0.5, 0.6) is 0 Å². The zero-order chi connectivity index (χ0) is 13.9. The van der Waals surface area contributed by atoms with Crippen LogP contribution in [0.2, 0.25) is 0 Å². The number of rotatable bonds is 2. The number of piperidine rings is 1. The summed E-state index contributed by atoms with van der Waals surface area (Å²) in [6, 6.07) is 0.867. The molecule has 2 rings (SSSR count). The topological polar surface area (TPSA) is 29.3 Å². The van der Waals surface area contributed by atoms with E-state index in [1.165, 1.54) is 58.0 Å². The van der Waals surface area contributed by atoms with Crippen molar-refractivity contribution in [2.75, 3.05) is 19.6 Å². The van der Waals surface area contributed by atoms with Gasteiger partial charge in [0.2, 0.25) is 0 Å². The molecular weight excluding hydrogens is 232 g/mol. The fourth-order valence-electron chi connectivity index (χ4n) is 4.07. The number of likely N-dealkylation sites (tertiary alicyclic amines) is 1. The van der Waals surface area contributed by atoms with Crippen LogP contribution in [0.1, 0.15) is 65.7 Å². The fraction of sp³-hybridized carbons (Fsp3) is 1.00. The highest BCUT2D eigenvalue weighted by molar-refractivity contribution is 4.84. The molecule has 2 atom stereocenters. The van der Waals surface area contributed by atoms with E-state index in [-0.39, 0.29) is 0 Å². The Bertz CT molecular complexity index is 261. The van der Waals surface area contributed by atoms with Crippen LogP contribution in [0.3, 0.4) is 0 Å².